The topological polar surface area (TPSA) is 63.3 Å². The zero-order valence-corrected chi connectivity index (χ0v) is 14.5. The van der Waals surface area contributed by atoms with Crippen molar-refractivity contribution in [2.45, 2.75) is 40.0 Å². The lowest BCUT2D eigenvalue weighted by Gasteiger charge is -2.07. The highest BCUT2D eigenvalue weighted by Crippen LogP contribution is 2.19. The summed E-state index contributed by atoms with van der Waals surface area (Å²) in [7, 11) is 0. The molecule has 2 aromatic rings. The highest BCUT2D eigenvalue weighted by Gasteiger charge is 2.05. The van der Waals surface area contributed by atoms with E-state index in [1.54, 1.807) is 11.3 Å². The van der Waals surface area contributed by atoms with E-state index in [0.29, 0.717) is 18.4 Å². The molecule has 0 aliphatic carbocycles. The van der Waals surface area contributed by atoms with Crippen molar-refractivity contribution in [2.24, 2.45) is 10.7 Å². The Morgan fingerprint density at radius 2 is 2.09 bits per heavy atom. The summed E-state index contributed by atoms with van der Waals surface area (Å²) in [6.45, 7) is 9.14. The van der Waals surface area contributed by atoms with Crippen molar-refractivity contribution in [3.8, 4) is 0 Å². The van der Waals surface area contributed by atoms with Crippen molar-refractivity contribution < 1.29 is 0 Å². The molecule has 0 saturated heterocycles. The number of nitrogens with two attached hydrogens (primary N) is 1. The van der Waals surface area contributed by atoms with E-state index in [9.17, 15) is 0 Å². The van der Waals surface area contributed by atoms with Crippen molar-refractivity contribution in [2.75, 3.05) is 11.9 Å². The number of hydrogen-bond donors (Lipinski definition) is 2. The Morgan fingerprint density at radius 3 is 2.73 bits per heavy atom. The smallest absolute Gasteiger partial charge is 0.193 e. The fourth-order valence-electron chi connectivity index (χ4n) is 2.00. The predicted molar refractivity (Wildman–Crippen MR) is 95.9 cm³/mol. The van der Waals surface area contributed by atoms with Gasteiger partial charge < -0.3 is 11.1 Å². The van der Waals surface area contributed by atoms with Crippen molar-refractivity contribution in [1.29, 1.82) is 0 Å². The van der Waals surface area contributed by atoms with Crippen LogP contribution in [0.4, 0.5) is 5.69 Å². The summed E-state index contributed by atoms with van der Waals surface area (Å²) in [5, 5.41) is 6.42. The zero-order valence-electron chi connectivity index (χ0n) is 13.7. The van der Waals surface area contributed by atoms with Crippen LogP contribution in [0.2, 0.25) is 0 Å². The van der Waals surface area contributed by atoms with Crippen LogP contribution in [0.15, 0.2) is 28.6 Å². The molecule has 0 spiro atoms. The molecule has 0 unspecified atom stereocenters. The molecule has 0 aliphatic heterocycles. The normalized spacial score (nSPS) is 12.0. The predicted octanol–water partition coefficient (Wildman–Crippen LogP) is 3.85. The van der Waals surface area contributed by atoms with E-state index in [2.05, 4.69) is 60.5 Å². The van der Waals surface area contributed by atoms with E-state index in [1.165, 1.54) is 16.1 Å². The summed E-state index contributed by atoms with van der Waals surface area (Å²) < 4.78 is 0. The van der Waals surface area contributed by atoms with Crippen LogP contribution in [0.3, 0.4) is 0 Å². The first-order valence-electron chi connectivity index (χ1n) is 7.54. The number of anilines is 1. The lowest BCUT2D eigenvalue weighted by atomic mass is 10.1. The van der Waals surface area contributed by atoms with Gasteiger partial charge in [0.2, 0.25) is 0 Å². The first-order valence-corrected chi connectivity index (χ1v) is 8.42. The molecule has 118 valence electrons. The quantitative estimate of drug-likeness (QED) is 0.650. The van der Waals surface area contributed by atoms with Gasteiger partial charge in [-0.2, -0.15) is 0 Å². The molecule has 0 amide bonds. The Balaban J connectivity index is 1.87. The molecule has 0 atom stereocenters. The van der Waals surface area contributed by atoms with Gasteiger partial charge in [-0.1, -0.05) is 19.9 Å². The molecule has 2 rings (SSSR count). The molecular weight excluding hydrogens is 292 g/mol. The van der Waals surface area contributed by atoms with Gasteiger partial charge in [0.15, 0.2) is 5.96 Å². The third kappa shape index (κ3) is 4.56. The van der Waals surface area contributed by atoms with Crippen LogP contribution in [0.25, 0.3) is 0 Å². The van der Waals surface area contributed by atoms with Crippen LogP contribution in [0.5, 0.6) is 0 Å². The van der Waals surface area contributed by atoms with Gasteiger partial charge in [0, 0.05) is 30.0 Å². The number of nitrogens with one attached hydrogen (secondary N) is 1. The second kappa shape index (κ2) is 7.40. The fraction of sp³-hybridized carbons (Fsp3) is 0.412. The van der Waals surface area contributed by atoms with Crippen LogP contribution >= 0.6 is 11.3 Å². The standard InChI is InChI=1S/C17H24N4S/c1-11(2)16-20-15(10-22-16)7-8-19-17(18)21-14-6-5-12(3)13(4)9-14/h5-6,9-11H,7-8H2,1-4H3,(H3,18,19,21). The lowest BCUT2D eigenvalue weighted by Crippen LogP contribution is -2.23. The molecule has 1 aromatic carbocycles. The molecule has 0 bridgehead atoms. The Bertz CT molecular complexity index is 658. The average Bonchev–Trinajstić information content (AvgIpc) is 2.92. The molecule has 1 aromatic heterocycles. The van der Waals surface area contributed by atoms with Crippen molar-refractivity contribution in [1.82, 2.24) is 4.98 Å². The number of thiazole rings is 1. The summed E-state index contributed by atoms with van der Waals surface area (Å²) in [6, 6.07) is 6.17. The summed E-state index contributed by atoms with van der Waals surface area (Å²) >= 11 is 1.72. The SMILES string of the molecule is Cc1ccc(NC(N)=NCCc2csc(C(C)C)n2)cc1C. The first-order chi connectivity index (χ1) is 10.5. The summed E-state index contributed by atoms with van der Waals surface area (Å²) in [5.41, 5.74) is 10.5. The molecule has 3 N–H and O–H groups in total. The minimum Gasteiger partial charge on any atom is -0.370 e. The molecular formula is C17H24N4S. The number of nitrogens with zero attached hydrogens (tertiary/aromatic N) is 2. The van der Waals surface area contributed by atoms with Crippen LogP contribution in [0.1, 0.15) is 41.6 Å². The van der Waals surface area contributed by atoms with E-state index >= 15 is 0 Å². The van der Waals surface area contributed by atoms with Gasteiger partial charge in [0.1, 0.15) is 0 Å². The third-order valence-electron chi connectivity index (χ3n) is 3.49. The third-order valence-corrected chi connectivity index (χ3v) is 4.69. The van der Waals surface area contributed by atoms with Crippen LogP contribution in [-0.2, 0) is 6.42 Å². The van der Waals surface area contributed by atoms with Crippen LogP contribution in [0, 0.1) is 13.8 Å². The molecule has 4 nitrogen and oxygen atoms in total. The van der Waals surface area contributed by atoms with Gasteiger partial charge in [-0.05, 0) is 37.1 Å². The molecule has 0 fully saturated rings. The Hall–Kier alpha value is -1.88. The Kier molecular flexibility index (Phi) is 5.55. The molecule has 0 radical (unpaired) electrons. The Morgan fingerprint density at radius 1 is 1.32 bits per heavy atom. The second-order valence-electron chi connectivity index (χ2n) is 5.77. The summed E-state index contributed by atoms with van der Waals surface area (Å²) in [5.74, 6) is 0.932. The molecule has 0 saturated carbocycles. The largest absolute Gasteiger partial charge is 0.370 e. The minimum absolute atomic E-state index is 0.447. The maximum atomic E-state index is 5.93. The van der Waals surface area contributed by atoms with Gasteiger partial charge in [-0.25, -0.2) is 4.98 Å². The maximum absolute atomic E-state index is 5.93. The van der Waals surface area contributed by atoms with E-state index < -0.39 is 0 Å². The van der Waals surface area contributed by atoms with Crippen molar-refractivity contribution >= 4 is 23.0 Å². The molecule has 1 heterocycles. The van der Waals surface area contributed by atoms with Gasteiger partial charge in [0.05, 0.1) is 10.7 Å². The zero-order chi connectivity index (χ0) is 16.1. The number of aromatic nitrogens is 1. The monoisotopic (exact) mass is 316 g/mol. The second-order valence-corrected chi connectivity index (χ2v) is 6.66. The van der Waals surface area contributed by atoms with Gasteiger partial charge in [-0.15, -0.1) is 11.3 Å². The number of benzene rings is 1. The van der Waals surface area contributed by atoms with Gasteiger partial charge in [0.25, 0.3) is 0 Å². The average molecular weight is 316 g/mol. The van der Waals surface area contributed by atoms with Gasteiger partial charge in [-0.3, -0.25) is 4.99 Å². The minimum atomic E-state index is 0.447. The first kappa shape index (κ1) is 16.5. The van der Waals surface area contributed by atoms with E-state index in [4.69, 9.17) is 5.73 Å². The Labute approximate surface area is 136 Å². The highest BCUT2D eigenvalue weighted by molar-refractivity contribution is 7.09. The molecule has 5 heteroatoms. The number of aryl methyl sites for hydroxylation is 2. The number of guanidine groups is 1. The van der Waals surface area contributed by atoms with Gasteiger partial charge >= 0.3 is 0 Å². The molecule has 22 heavy (non-hydrogen) atoms. The van der Waals surface area contributed by atoms with Crippen molar-refractivity contribution in [3.63, 3.8) is 0 Å². The fourth-order valence-corrected chi connectivity index (χ4v) is 2.87. The van der Waals surface area contributed by atoms with Crippen LogP contribution < -0.4 is 11.1 Å². The number of rotatable bonds is 5. The lowest BCUT2D eigenvalue weighted by molar-refractivity contribution is 0.831. The number of aliphatic imine (C=N–C) groups is 1. The van der Waals surface area contributed by atoms with E-state index in [0.717, 1.165) is 17.8 Å². The maximum Gasteiger partial charge on any atom is 0.193 e. The van der Waals surface area contributed by atoms with E-state index in [-0.39, 0.29) is 0 Å². The van der Waals surface area contributed by atoms with Crippen LogP contribution in [-0.4, -0.2) is 17.5 Å². The van der Waals surface area contributed by atoms with E-state index in [1.807, 2.05) is 6.07 Å². The highest BCUT2D eigenvalue weighted by atomic mass is 32.1. The summed E-state index contributed by atoms with van der Waals surface area (Å²) in [4.78, 5) is 8.97. The number of hydrogen-bond acceptors (Lipinski definition) is 3. The van der Waals surface area contributed by atoms with Crippen molar-refractivity contribution in [3.05, 3.63) is 45.4 Å². The summed E-state index contributed by atoms with van der Waals surface area (Å²) in [6.07, 6.45) is 0.818. The molecule has 0 aliphatic rings.